The molecule has 1 rings (SSSR count). The number of amides is 1. The summed E-state index contributed by atoms with van der Waals surface area (Å²) < 4.78 is 25.0. The largest absolute Gasteiger partial charge is 0.480 e. The van der Waals surface area contributed by atoms with Crippen molar-refractivity contribution in [3.63, 3.8) is 0 Å². The van der Waals surface area contributed by atoms with Crippen LogP contribution in [0.1, 0.15) is 36.2 Å². The highest BCUT2D eigenvalue weighted by Gasteiger charge is 2.26. The number of aryl methyl sites for hydroxylation is 1. The van der Waals surface area contributed by atoms with Gasteiger partial charge in [0.05, 0.1) is 11.9 Å². The Labute approximate surface area is 136 Å². The minimum atomic E-state index is -3.47. The molecule has 0 bridgehead atoms. The average molecular weight is 342 g/mol. The first-order valence-corrected chi connectivity index (χ1v) is 9.06. The van der Waals surface area contributed by atoms with Crippen molar-refractivity contribution < 1.29 is 23.1 Å². The molecule has 0 aliphatic rings. The number of hydrogen-bond donors (Lipinski definition) is 3. The van der Waals surface area contributed by atoms with E-state index in [9.17, 15) is 23.1 Å². The smallest absolute Gasteiger partial charge is 0.326 e. The van der Waals surface area contributed by atoms with Crippen molar-refractivity contribution in [1.82, 2.24) is 5.32 Å². The Morgan fingerprint density at radius 2 is 1.91 bits per heavy atom. The van der Waals surface area contributed by atoms with Crippen LogP contribution in [0.25, 0.3) is 0 Å². The van der Waals surface area contributed by atoms with E-state index in [0.29, 0.717) is 12.0 Å². The maximum Gasteiger partial charge on any atom is 0.326 e. The highest BCUT2D eigenvalue weighted by molar-refractivity contribution is 7.92. The van der Waals surface area contributed by atoms with Crippen molar-refractivity contribution >= 4 is 27.6 Å². The molecule has 0 aromatic heterocycles. The molecule has 1 aromatic carbocycles. The highest BCUT2D eigenvalue weighted by Crippen LogP contribution is 2.18. The summed E-state index contributed by atoms with van der Waals surface area (Å²) in [6.07, 6.45) is 1.62. The molecule has 3 N–H and O–H groups in total. The molecule has 23 heavy (non-hydrogen) atoms. The Kier molecular flexibility index (Phi) is 6.14. The number of carboxylic acids is 1. The summed E-state index contributed by atoms with van der Waals surface area (Å²) in [6.45, 7) is 5.28. The first kappa shape index (κ1) is 19.0. The molecule has 128 valence electrons. The van der Waals surface area contributed by atoms with Gasteiger partial charge in [0.25, 0.3) is 5.91 Å². The van der Waals surface area contributed by atoms with Crippen LogP contribution in [0.15, 0.2) is 18.2 Å². The van der Waals surface area contributed by atoms with Gasteiger partial charge in [-0.05, 0) is 30.5 Å². The fourth-order valence-corrected chi connectivity index (χ4v) is 2.60. The standard InChI is InChI=1S/C15H22N2O5S/c1-5-9(2)13(15(19)20)16-14(18)11-7-6-10(3)12(8-11)17-23(4,21)22/h6-9,13,17H,5H2,1-4H3,(H,16,18)(H,19,20)/t9-,13-/m0/s1. The molecule has 1 amide bonds. The van der Waals surface area contributed by atoms with Crippen LogP contribution < -0.4 is 10.0 Å². The van der Waals surface area contributed by atoms with Crippen molar-refractivity contribution in [2.24, 2.45) is 5.92 Å². The van der Waals surface area contributed by atoms with E-state index in [1.807, 2.05) is 6.92 Å². The van der Waals surface area contributed by atoms with E-state index in [4.69, 9.17) is 0 Å². The fraction of sp³-hybridized carbons (Fsp3) is 0.467. The van der Waals surface area contributed by atoms with Gasteiger partial charge in [0.1, 0.15) is 6.04 Å². The second kappa shape index (κ2) is 7.45. The van der Waals surface area contributed by atoms with Gasteiger partial charge in [0.15, 0.2) is 0 Å². The third-order valence-electron chi connectivity index (χ3n) is 3.56. The Hall–Kier alpha value is -2.09. The lowest BCUT2D eigenvalue weighted by Gasteiger charge is -2.20. The van der Waals surface area contributed by atoms with E-state index in [-0.39, 0.29) is 17.2 Å². The van der Waals surface area contributed by atoms with Gasteiger partial charge in [0.2, 0.25) is 10.0 Å². The molecule has 0 saturated heterocycles. The average Bonchev–Trinajstić information content (AvgIpc) is 2.44. The molecule has 2 atom stereocenters. The van der Waals surface area contributed by atoms with E-state index in [1.54, 1.807) is 19.9 Å². The highest BCUT2D eigenvalue weighted by atomic mass is 32.2. The van der Waals surface area contributed by atoms with Gasteiger partial charge in [0, 0.05) is 5.56 Å². The zero-order valence-electron chi connectivity index (χ0n) is 13.6. The second-order valence-corrected chi connectivity index (χ2v) is 7.33. The summed E-state index contributed by atoms with van der Waals surface area (Å²) in [5.41, 5.74) is 1.13. The van der Waals surface area contributed by atoms with Crippen molar-refractivity contribution in [2.75, 3.05) is 11.0 Å². The van der Waals surface area contributed by atoms with Crippen molar-refractivity contribution in [1.29, 1.82) is 0 Å². The molecule has 0 spiro atoms. The number of sulfonamides is 1. The lowest BCUT2D eigenvalue weighted by Crippen LogP contribution is -2.45. The topological polar surface area (TPSA) is 113 Å². The third-order valence-corrected chi connectivity index (χ3v) is 4.15. The van der Waals surface area contributed by atoms with Crippen LogP contribution in [0.3, 0.4) is 0 Å². The minimum Gasteiger partial charge on any atom is -0.480 e. The summed E-state index contributed by atoms with van der Waals surface area (Å²) >= 11 is 0. The van der Waals surface area contributed by atoms with Crippen LogP contribution in [0, 0.1) is 12.8 Å². The van der Waals surface area contributed by atoms with Crippen molar-refractivity contribution in [2.45, 2.75) is 33.2 Å². The molecule has 0 unspecified atom stereocenters. The molecule has 0 aliphatic carbocycles. The van der Waals surface area contributed by atoms with Crippen LogP contribution in [-0.4, -0.2) is 37.7 Å². The maximum atomic E-state index is 12.3. The van der Waals surface area contributed by atoms with E-state index < -0.39 is 27.9 Å². The molecule has 1 aromatic rings. The van der Waals surface area contributed by atoms with E-state index in [0.717, 1.165) is 6.26 Å². The summed E-state index contributed by atoms with van der Waals surface area (Å²) in [5, 5.41) is 11.7. The molecule has 8 heteroatoms. The first-order valence-electron chi connectivity index (χ1n) is 7.17. The molecular formula is C15H22N2O5S. The molecule has 0 fully saturated rings. The molecule has 0 saturated carbocycles. The second-order valence-electron chi connectivity index (χ2n) is 5.58. The Bertz CT molecular complexity index is 700. The Balaban J connectivity index is 3.04. The zero-order chi connectivity index (χ0) is 17.8. The Morgan fingerprint density at radius 3 is 2.39 bits per heavy atom. The minimum absolute atomic E-state index is 0.191. The summed E-state index contributed by atoms with van der Waals surface area (Å²) in [5.74, 6) is -1.89. The third kappa shape index (κ3) is 5.55. The van der Waals surface area contributed by atoms with Gasteiger partial charge in [-0.2, -0.15) is 0 Å². The van der Waals surface area contributed by atoms with Crippen LogP contribution >= 0.6 is 0 Å². The molecule has 0 radical (unpaired) electrons. The van der Waals surface area contributed by atoms with E-state index >= 15 is 0 Å². The van der Waals surface area contributed by atoms with Crippen molar-refractivity contribution in [3.8, 4) is 0 Å². The van der Waals surface area contributed by atoms with Gasteiger partial charge in [-0.1, -0.05) is 26.3 Å². The first-order chi connectivity index (χ1) is 10.5. The SMILES string of the molecule is CC[C@H](C)[C@H](NC(=O)c1ccc(C)c(NS(C)(=O)=O)c1)C(=O)O. The number of carboxylic acid groups (broad SMARTS) is 1. The van der Waals surface area contributed by atoms with Crippen LogP contribution in [0.4, 0.5) is 5.69 Å². The van der Waals surface area contributed by atoms with E-state index in [1.165, 1.54) is 12.1 Å². The van der Waals surface area contributed by atoms with Crippen LogP contribution in [0.5, 0.6) is 0 Å². The lowest BCUT2D eigenvalue weighted by atomic mass is 9.98. The van der Waals surface area contributed by atoms with Gasteiger partial charge < -0.3 is 10.4 Å². The number of rotatable bonds is 7. The maximum absolute atomic E-state index is 12.3. The summed E-state index contributed by atoms with van der Waals surface area (Å²) in [6, 6.07) is 3.51. The molecule has 0 aliphatic heterocycles. The Morgan fingerprint density at radius 1 is 1.30 bits per heavy atom. The summed E-state index contributed by atoms with van der Waals surface area (Å²) in [7, 11) is -3.47. The number of nitrogens with one attached hydrogen (secondary N) is 2. The van der Waals surface area contributed by atoms with E-state index in [2.05, 4.69) is 10.0 Å². The monoisotopic (exact) mass is 342 g/mol. The number of anilines is 1. The number of benzene rings is 1. The molecule has 0 heterocycles. The predicted octanol–water partition coefficient (Wildman–Crippen LogP) is 1.60. The number of carbonyl (C=O) groups excluding carboxylic acids is 1. The van der Waals surface area contributed by atoms with Gasteiger partial charge in [-0.15, -0.1) is 0 Å². The van der Waals surface area contributed by atoms with Gasteiger partial charge >= 0.3 is 5.97 Å². The van der Waals surface area contributed by atoms with Crippen LogP contribution in [-0.2, 0) is 14.8 Å². The molecular weight excluding hydrogens is 320 g/mol. The predicted molar refractivity (Wildman–Crippen MR) is 88.0 cm³/mol. The quantitative estimate of drug-likeness (QED) is 0.696. The zero-order valence-corrected chi connectivity index (χ0v) is 14.4. The fourth-order valence-electron chi connectivity index (χ4n) is 1.98. The summed E-state index contributed by atoms with van der Waals surface area (Å²) in [4.78, 5) is 23.5. The van der Waals surface area contributed by atoms with Crippen LogP contribution in [0.2, 0.25) is 0 Å². The number of aliphatic carboxylic acids is 1. The number of carbonyl (C=O) groups is 2. The lowest BCUT2D eigenvalue weighted by molar-refractivity contribution is -0.140. The number of hydrogen-bond acceptors (Lipinski definition) is 4. The van der Waals surface area contributed by atoms with Crippen molar-refractivity contribution in [3.05, 3.63) is 29.3 Å². The molecule has 7 nitrogen and oxygen atoms in total. The van der Waals surface area contributed by atoms with Gasteiger partial charge in [-0.25, -0.2) is 13.2 Å². The normalized spacial score (nSPS) is 13.9. The van der Waals surface area contributed by atoms with Gasteiger partial charge in [-0.3, -0.25) is 9.52 Å².